The van der Waals surface area contributed by atoms with Crippen LogP contribution in [-0.2, 0) is 21.2 Å². The Morgan fingerprint density at radius 1 is 1.17 bits per heavy atom. The number of piperazine rings is 1. The number of benzene rings is 1. The highest BCUT2D eigenvalue weighted by atomic mass is 32.2. The molecule has 1 aliphatic heterocycles. The Kier molecular flexibility index (Phi) is 6.28. The van der Waals surface area contributed by atoms with Gasteiger partial charge in [-0.15, -0.1) is 0 Å². The Labute approximate surface area is 171 Å². The van der Waals surface area contributed by atoms with Gasteiger partial charge in [-0.25, -0.2) is 13.2 Å². The number of nitrogens with zero attached hydrogens (tertiary/aromatic N) is 3. The minimum absolute atomic E-state index is 0.0197. The molecule has 1 aromatic heterocycles. The predicted molar refractivity (Wildman–Crippen MR) is 111 cm³/mol. The molecule has 3 rings (SSSR count). The molecule has 0 amide bonds. The van der Waals surface area contributed by atoms with Gasteiger partial charge in [-0.05, 0) is 44.4 Å². The lowest BCUT2D eigenvalue weighted by Crippen LogP contribution is -2.49. The first-order chi connectivity index (χ1) is 13.8. The Morgan fingerprint density at radius 2 is 1.86 bits per heavy atom. The highest BCUT2D eigenvalue weighted by Gasteiger charge is 2.36. The molecule has 0 atom stereocenters. The van der Waals surface area contributed by atoms with Crippen molar-refractivity contribution in [2.75, 3.05) is 37.7 Å². The average molecular weight is 421 g/mol. The summed E-state index contributed by atoms with van der Waals surface area (Å²) in [5, 5.41) is 6.42. The first kappa shape index (κ1) is 21.3. The summed E-state index contributed by atoms with van der Waals surface area (Å²) in [5.41, 5.74) is 4.03. The third-order valence-electron chi connectivity index (χ3n) is 5.38. The first-order valence-corrected chi connectivity index (χ1v) is 11.3. The second-order valence-corrected chi connectivity index (χ2v) is 8.92. The summed E-state index contributed by atoms with van der Waals surface area (Å²) in [6.07, 6.45) is 0.455. The van der Waals surface area contributed by atoms with E-state index in [0.717, 1.165) is 5.69 Å². The van der Waals surface area contributed by atoms with E-state index in [1.54, 1.807) is 6.92 Å². The highest BCUT2D eigenvalue weighted by Crippen LogP contribution is 2.27. The minimum atomic E-state index is -3.91. The first-order valence-electron chi connectivity index (χ1n) is 9.86. The fourth-order valence-corrected chi connectivity index (χ4v) is 5.10. The van der Waals surface area contributed by atoms with Gasteiger partial charge in [-0.2, -0.15) is 9.40 Å². The van der Waals surface area contributed by atoms with Crippen LogP contribution in [-0.4, -0.2) is 61.7 Å². The third kappa shape index (κ3) is 4.02. The molecule has 1 aliphatic rings. The number of ether oxygens (including phenoxy) is 1. The van der Waals surface area contributed by atoms with Crippen LogP contribution in [0.15, 0.2) is 23.2 Å². The van der Waals surface area contributed by atoms with E-state index in [-0.39, 0.29) is 17.2 Å². The number of aromatic nitrogens is 2. The molecule has 8 nitrogen and oxygen atoms in total. The Hall–Kier alpha value is -2.39. The largest absolute Gasteiger partial charge is 0.462 e. The van der Waals surface area contributed by atoms with Crippen LogP contribution in [0.2, 0.25) is 0 Å². The number of sulfonamides is 1. The zero-order valence-electron chi connectivity index (χ0n) is 17.4. The predicted octanol–water partition coefficient (Wildman–Crippen LogP) is 2.28. The van der Waals surface area contributed by atoms with Gasteiger partial charge in [0, 0.05) is 31.9 Å². The monoisotopic (exact) mass is 420 g/mol. The Bertz CT molecular complexity index is 992. The average Bonchev–Trinajstić information content (AvgIpc) is 3.15. The van der Waals surface area contributed by atoms with Crippen LogP contribution in [0.3, 0.4) is 0 Å². The molecule has 0 aliphatic carbocycles. The molecule has 0 radical (unpaired) electrons. The summed E-state index contributed by atoms with van der Waals surface area (Å²) < 4.78 is 32.9. The molecule has 1 N–H and O–H groups in total. The maximum Gasteiger partial charge on any atom is 0.343 e. The van der Waals surface area contributed by atoms with Crippen molar-refractivity contribution in [2.24, 2.45) is 0 Å². The normalized spacial score (nSPS) is 15.5. The molecule has 9 heteroatoms. The van der Waals surface area contributed by atoms with Crippen molar-refractivity contribution in [2.45, 2.75) is 39.1 Å². The summed E-state index contributed by atoms with van der Waals surface area (Å²) in [6.45, 7) is 9.63. The summed E-state index contributed by atoms with van der Waals surface area (Å²) in [5.74, 6) is -0.661. The van der Waals surface area contributed by atoms with E-state index < -0.39 is 16.0 Å². The maximum atomic E-state index is 13.2. The molecular formula is C20H28N4O4S. The minimum Gasteiger partial charge on any atom is -0.462 e. The van der Waals surface area contributed by atoms with Crippen molar-refractivity contribution in [3.05, 3.63) is 40.6 Å². The Morgan fingerprint density at radius 3 is 2.48 bits per heavy atom. The van der Waals surface area contributed by atoms with Gasteiger partial charge in [0.25, 0.3) is 10.0 Å². The van der Waals surface area contributed by atoms with Crippen LogP contribution in [0.25, 0.3) is 0 Å². The molecule has 0 bridgehead atoms. The number of hydrogen-bond acceptors (Lipinski definition) is 6. The topological polar surface area (TPSA) is 95.6 Å². The van der Waals surface area contributed by atoms with Crippen LogP contribution >= 0.6 is 0 Å². The quantitative estimate of drug-likeness (QED) is 0.721. The van der Waals surface area contributed by atoms with Crippen molar-refractivity contribution in [1.82, 2.24) is 14.5 Å². The second-order valence-electron chi connectivity index (χ2n) is 7.07. The van der Waals surface area contributed by atoms with Crippen molar-refractivity contribution in [3.63, 3.8) is 0 Å². The van der Waals surface area contributed by atoms with Crippen molar-refractivity contribution >= 4 is 21.7 Å². The molecular weight excluding hydrogens is 392 g/mol. The number of aryl methyl sites for hydroxylation is 2. The molecule has 0 spiro atoms. The lowest BCUT2D eigenvalue weighted by Gasteiger charge is -2.36. The van der Waals surface area contributed by atoms with Gasteiger partial charge in [0.1, 0.15) is 5.56 Å². The summed E-state index contributed by atoms with van der Waals surface area (Å²) in [7, 11) is -3.91. The van der Waals surface area contributed by atoms with E-state index in [1.807, 2.05) is 13.0 Å². The molecule has 29 heavy (non-hydrogen) atoms. The number of H-pyrrole nitrogens is 1. The van der Waals surface area contributed by atoms with E-state index in [0.29, 0.717) is 38.3 Å². The number of rotatable bonds is 6. The fraction of sp³-hybridized carbons (Fsp3) is 0.500. The van der Waals surface area contributed by atoms with Crippen LogP contribution in [0.5, 0.6) is 0 Å². The number of esters is 1. The standard InChI is InChI=1S/C20H28N4O4S/c1-5-16-18(20(25)28-6-2)19(22-21-16)29(26,27)24-12-10-23(11-13-24)17-9-7-8-14(3)15(17)4/h7-9H,5-6,10-13H2,1-4H3,(H,21,22). The molecule has 158 valence electrons. The zero-order valence-corrected chi connectivity index (χ0v) is 18.2. The van der Waals surface area contributed by atoms with Gasteiger partial charge < -0.3 is 9.64 Å². The second kappa shape index (κ2) is 8.54. The van der Waals surface area contributed by atoms with E-state index >= 15 is 0 Å². The summed E-state index contributed by atoms with van der Waals surface area (Å²) in [4.78, 5) is 14.6. The van der Waals surface area contributed by atoms with Crippen LogP contribution in [0.1, 0.15) is 41.0 Å². The Balaban J connectivity index is 1.83. The lowest BCUT2D eigenvalue weighted by atomic mass is 10.1. The van der Waals surface area contributed by atoms with Gasteiger partial charge in [-0.3, -0.25) is 5.10 Å². The number of carbonyl (C=O) groups excluding carboxylic acids is 1. The molecule has 1 fully saturated rings. The SMILES string of the molecule is CCOC(=O)c1c(S(=O)(=O)N2CCN(c3cccc(C)c3C)CC2)n[nH]c1CC. The molecule has 0 unspecified atom stereocenters. The van der Waals surface area contributed by atoms with E-state index in [9.17, 15) is 13.2 Å². The van der Waals surface area contributed by atoms with Gasteiger partial charge in [0.2, 0.25) is 5.03 Å². The van der Waals surface area contributed by atoms with Crippen LogP contribution in [0, 0.1) is 13.8 Å². The van der Waals surface area contributed by atoms with Crippen LogP contribution in [0.4, 0.5) is 5.69 Å². The maximum absolute atomic E-state index is 13.2. The number of hydrogen-bond donors (Lipinski definition) is 1. The lowest BCUT2D eigenvalue weighted by molar-refractivity contribution is 0.0520. The molecule has 2 aromatic rings. The number of carbonyl (C=O) groups is 1. The third-order valence-corrected chi connectivity index (χ3v) is 7.21. The van der Waals surface area contributed by atoms with Gasteiger partial charge in [0.15, 0.2) is 0 Å². The van der Waals surface area contributed by atoms with E-state index in [4.69, 9.17) is 4.74 Å². The summed E-state index contributed by atoms with van der Waals surface area (Å²) in [6, 6.07) is 6.15. The van der Waals surface area contributed by atoms with Gasteiger partial charge in [-0.1, -0.05) is 19.1 Å². The highest BCUT2D eigenvalue weighted by molar-refractivity contribution is 7.89. The smallest absolute Gasteiger partial charge is 0.343 e. The summed E-state index contributed by atoms with van der Waals surface area (Å²) >= 11 is 0. The van der Waals surface area contributed by atoms with E-state index in [1.165, 1.54) is 15.4 Å². The van der Waals surface area contributed by atoms with Crippen molar-refractivity contribution in [3.8, 4) is 0 Å². The molecule has 1 aromatic carbocycles. The number of nitrogens with one attached hydrogen (secondary N) is 1. The molecule has 1 saturated heterocycles. The zero-order chi connectivity index (χ0) is 21.2. The van der Waals surface area contributed by atoms with Crippen LogP contribution < -0.4 is 4.90 Å². The number of anilines is 1. The fourth-order valence-electron chi connectivity index (χ4n) is 3.59. The van der Waals surface area contributed by atoms with Gasteiger partial charge >= 0.3 is 5.97 Å². The van der Waals surface area contributed by atoms with Crippen molar-refractivity contribution in [1.29, 1.82) is 0 Å². The number of aromatic amines is 1. The molecule has 0 saturated carbocycles. The van der Waals surface area contributed by atoms with E-state index in [2.05, 4.69) is 41.1 Å². The molecule has 2 heterocycles. The van der Waals surface area contributed by atoms with Gasteiger partial charge in [0.05, 0.1) is 12.3 Å². The van der Waals surface area contributed by atoms with Crippen molar-refractivity contribution < 1.29 is 17.9 Å².